The smallest absolute Gasteiger partial charge is 0.277 e. The van der Waals surface area contributed by atoms with E-state index in [0.29, 0.717) is 28.7 Å². The molecule has 6 nitrogen and oxygen atoms in total. The van der Waals surface area contributed by atoms with Crippen LogP contribution < -0.4 is 0 Å². The van der Waals surface area contributed by atoms with E-state index in [0.717, 1.165) is 41.5 Å². The van der Waals surface area contributed by atoms with Crippen LogP contribution in [0.3, 0.4) is 0 Å². The number of rotatable bonds is 10. The lowest BCUT2D eigenvalue weighted by Crippen LogP contribution is -2.35. The van der Waals surface area contributed by atoms with E-state index in [-0.39, 0.29) is 5.91 Å². The van der Waals surface area contributed by atoms with Crippen molar-refractivity contribution in [3.63, 3.8) is 0 Å². The van der Waals surface area contributed by atoms with Gasteiger partial charge in [0.25, 0.3) is 11.1 Å². The summed E-state index contributed by atoms with van der Waals surface area (Å²) in [5, 5.41) is 9.58. The van der Waals surface area contributed by atoms with Gasteiger partial charge in [-0.15, -0.1) is 21.5 Å². The Hall–Kier alpha value is -1.41. The molecule has 2 heterocycles. The number of nitrogens with zero attached hydrogens (tertiary/aromatic N) is 4. The normalized spacial score (nSPS) is 11.6. The third-order valence-electron chi connectivity index (χ3n) is 4.13. The van der Waals surface area contributed by atoms with Crippen LogP contribution in [0.1, 0.15) is 51.2 Å². The summed E-state index contributed by atoms with van der Waals surface area (Å²) in [7, 11) is 0. The zero-order valence-electron chi connectivity index (χ0n) is 17.1. The number of amides is 1. The highest BCUT2D eigenvalue weighted by molar-refractivity contribution is 7.99. The predicted molar refractivity (Wildman–Crippen MR) is 111 cm³/mol. The molecule has 0 aliphatic rings. The van der Waals surface area contributed by atoms with Crippen molar-refractivity contribution < 1.29 is 9.21 Å². The molecule has 0 unspecified atom stereocenters. The second kappa shape index (κ2) is 10.2. The van der Waals surface area contributed by atoms with E-state index in [1.54, 1.807) is 0 Å². The summed E-state index contributed by atoms with van der Waals surface area (Å²) in [5.41, 5.74) is 0.891. The van der Waals surface area contributed by atoms with Crippen LogP contribution in [0.5, 0.6) is 0 Å². The minimum Gasteiger partial charge on any atom is -0.410 e. The summed E-state index contributed by atoms with van der Waals surface area (Å²) in [4.78, 5) is 19.9. The number of aryl methyl sites for hydroxylation is 2. The van der Waals surface area contributed by atoms with Crippen LogP contribution in [-0.4, -0.2) is 44.8 Å². The van der Waals surface area contributed by atoms with Crippen molar-refractivity contribution in [1.29, 1.82) is 0 Å². The Balaban J connectivity index is 1.94. The molecule has 0 saturated carbocycles. The summed E-state index contributed by atoms with van der Waals surface area (Å²) in [5.74, 6) is 2.09. The molecule has 0 spiro atoms. The number of thiazole rings is 1. The molecule has 0 fully saturated rings. The monoisotopic (exact) mass is 410 g/mol. The average Bonchev–Trinajstić information content (AvgIpc) is 3.18. The third kappa shape index (κ3) is 6.92. The van der Waals surface area contributed by atoms with Crippen molar-refractivity contribution in [3.05, 3.63) is 10.7 Å². The quantitative estimate of drug-likeness (QED) is 0.523. The van der Waals surface area contributed by atoms with E-state index in [1.165, 1.54) is 23.1 Å². The maximum Gasteiger partial charge on any atom is 0.277 e. The molecule has 2 aromatic heterocycles. The van der Waals surface area contributed by atoms with Crippen LogP contribution >= 0.6 is 23.1 Å². The Labute approximate surface area is 170 Å². The Morgan fingerprint density at radius 1 is 1.11 bits per heavy atom. The SMILES string of the molecule is Cc1nc(C)c(-c2nnc(SCC(=O)N(CCC(C)C)CCC(C)C)o2)s1. The molecular formula is C19H30N4O2S2. The van der Waals surface area contributed by atoms with Gasteiger partial charge in [-0.2, -0.15) is 0 Å². The van der Waals surface area contributed by atoms with Gasteiger partial charge in [-0.25, -0.2) is 4.98 Å². The van der Waals surface area contributed by atoms with Crippen molar-refractivity contribution in [2.24, 2.45) is 11.8 Å². The lowest BCUT2D eigenvalue weighted by Gasteiger charge is -2.24. The number of aromatic nitrogens is 3. The summed E-state index contributed by atoms with van der Waals surface area (Å²) in [6.07, 6.45) is 2.03. The molecule has 0 aliphatic carbocycles. The number of thioether (sulfide) groups is 1. The molecule has 0 aromatic carbocycles. The fourth-order valence-corrected chi connectivity index (χ4v) is 4.00. The summed E-state index contributed by atoms with van der Waals surface area (Å²) >= 11 is 2.84. The first kappa shape index (κ1) is 21.9. The topological polar surface area (TPSA) is 72.1 Å². The molecule has 150 valence electrons. The Kier molecular flexibility index (Phi) is 8.28. The average molecular weight is 411 g/mol. The van der Waals surface area contributed by atoms with Crippen LogP contribution in [-0.2, 0) is 4.79 Å². The minimum absolute atomic E-state index is 0.130. The fourth-order valence-electron chi connectivity index (χ4n) is 2.49. The van der Waals surface area contributed by atoms with E-state index < -0.39 is 0 Å². The molecule has 1 amide bonds. The highest BCUT2D eigenvalue weighted by Crippen LogP contribution is 2.30. The molecule has 2 aromatic rings. The highest BCUT2D eigenvalue weighted by atomic mass is 32.2. The van der Waals surface area contributed by atoms with Gasteiger partial charge >= 0.3 is 0 Å². The van der Waals surface area contributed by atoms with E-state index in [1.807, 2.05) is 18.7 Å². The lowest BCUT2D eigenvalue weighted by atomic mass is 10.1. The van der Waals surface area contributed by atoms with Gasteiger partial charge in [0, 0.05) is 13.1 Å². The van der Waals surface area contributed by atoms with Crippen LogP contribution in [0.2, 0.25) is 0 Å². The molecule has 0 atom stereocenters. The van der Waals surface area contributed by atoms with Gasteiger partial charge in [0.1, 0.15) is 4.88 Å². The van der Waals surface area contributed by atoms with Gasteiger partial charge in [-0.3, -0.25) is 4.79 Å². The summed E-state index contributed by atoms with van der Waals surface area (Å²) in [6, 6.07) is 0. The van der Waals surface area contributed by atoms with Crippen LogP contribution in [0.25, 0.3) is 10.8 Å². The molecule has 2 rings (SSSR count). The highest BCUT2D eigenvalue weighted by Gasteiger charge is 2.18. The summed E-state index contributed by atoms with van der Waals surface area (Å²) < 4.78 is 5.73. The fraction of sp³-hybridized carbons (Fsp3) is 0.684. The Morgan fingerprint density at radius 3 is 2.26 bits per heavy atom. The Bertz CT molecular complexity index is 728. The van der Waals surface area contributed by atoms with Crippen molar-refractivity contribution in [3.8, 4) is 10.8 Å². The molecule has 0 aliphatic heterocycles. The number of carbonyl (C=O) groups excluding carboxylic acids is 1. The van der Waals surface area contributed by atoms with Crippen LogP contribution in [0.4, 0.5) is 0 Å². The van der Waals surface area contributed by atoms with Crippen molar-refractivity contribution >= 4 is 29.0 Å². The zero-order chi connectivity index (χ0) is 20.0. The third-order valence-corrected chi connectivity index (χ3v) is 5.99. The molecule has 8 heteroatoms. The minimum atomic E-state index is 0.130. The molecule has 0 bridgehead atoms. The zero-order valence-corrected chi connectivity index (χ0v) is 18.7. The lowest BCUT2D eigenvalue weighted by molar-refractivity contribution is -0.128. The second-order valence-corrected chi connectivity index (χ2v) is 9.68. The molecule has 0 N–H and O–H groups in total. The maximum atomic E-state index is 12.7. The van der Waals surface area contributed by atoms with E-state index in [9.17, 15) is 4.79 Å². The van der Waals surface area contributed by atoms with E-state index >= 15 is 0 Å². The number of carbonyl (C=O) groups is 1. The van der Waals surface area contributed by atoms with Gasteiger partial charge in [-0.1, -0.05) is 39.5 Å². The largest absolute Gasteiger partial charge is 0.410 e. The van der Waals surface area contributed by atoms with Crippen molar-refractivity contribution in [2.45, 2.75) is 59.6 Å². The molecule has 0 radical (unpaired) electrons. The second-order valence-electron chi connectivity index (χ2n) is 7.56. The van der Waals surface area contributed by atoms with E-state index in [2.05, 4.69) is 42.9 Å². The number of hydrogen-bond donors (Lipinski definition) is 0. The van der Waals surface area contributed by atoms with Crippen LogP contribution in [0.15, 0.2) is 9.64 Å². The molecule has 27 heavy (non-hydrogen) atoms. The van der Waals surface area contributed by atoms with E-state index in [4.69, 9.17) is 4.42 Å². The standard InChI is InChI=1S/C19H30N4O2S2/c1-12(2)7-9-23(10-8-13(3)4)16(24)11-26-19-22-21-18(25-19)17-14(5)20-15(6)27-17/h12-13H,7-11H2,1-6H3. The van der Waals surface area contributed by atoms with Crippen molar-refractivity contribution in [2.75, 3.05) is 18.8 Å². The van der Waals surface area contributed by atoms with Gasteiger partial charge in [-0.05, 0) is 38.5 Å². The predicted octanol–water partition coefficient (Wildman–Crippen LogP) is 4.82. The van der Waals surface area contributed by atoms with Gasteiger partial charge in [0.05, 0.1) is 16.5 Å². The maximum absolute atomic E-state index is 12.7. The van der Waals surface area contributed by atoms with Gasteiger partial charge in [0.2, 0.25) is 5.91 Å². The van der Waals surface area contributed by atoms with Crippen molar-refractivity contribution in [1.82, 2.24) is 20.1 Å². The van der Waals surface area contributed by atoms with Gasteiger partial charge < -0.3 is 9.32 Å². The molecular weight excluding hydrogens is 380 g/mol. The number of hydrogen-bond acceptors (Lipinski definition) is 7. The molecule has 0 saturated heterocycles. The summed E-state index contributed by atoms with van der Waals surface area (Å²) in [6.45, 7) is 14.2. The van der Waals surface area contributed by atoms with Crippen LogP contribution in [0, 0.1) is 25.7 Å². The first-order chi connectivity index (χ1) is 12.8. The van der Waals surface area contributed by atoms with Gasteiger partial charge in [0.15, 0.2) is 0 Å². The Morgan fingerprint density at radius 2 is 1.74 bits per heavy atom. The first-order valence-electron chi connectivity index (χ1n) is 9.44. The first-order valence-corrected chi connectivity index (χ1v) is 11.2.